The summed E-state index contributed by atoms with van der Waals surface area (Å²) in [6, 6.07) is 6.03. The Hall–Kier alpha value is -1.54. The highest BCUT2D eigenvalue weighted by atomic mass is 79.9. The van der Waals surface area contributed by atoms with Gasteiger partial charge in [-0.15, -0.1) is 10.2 Å². The second kappa shape index (κ2) is 11.2. The van der Waals surface area contributed by atoms with Gasteiger partial charge >= 0.3 is 0 Å². The van der Waals surface area contributed by atoms with Gasteiger partial charge in [-0.1, -0.05) is 51.9 Å². The molecule has 3 aromatic rings. The van der Waals surface area contributed by atoms with Gasteiger partial charge in [0.25, 0.3) is 0 Å². The van der Waals surface area contributed by atoms with Crippen LogP contribution in [0.3, 0.4) is 0 Å². The van der Waals surface area contributed by atoms with Crippen LogP contribution in [-0.4, -0.2) is 21.6 Å². The Morgan fingerprint density at radius 3 is 1.87 bits per heavy atom. The van der Waals surface area contributed by atoms with Crippen LogP contribution in [0.15, 0.2) is 33.2 Å². The molecule has 0 saturated carbocycles. The smallest absolute Gasteiger partial charge is 0.190 e. The third-order valence-corrected chi connectivity index (χ3v) is 6.18. The van der Waals surface area contributed by atoms with Crippen molar-refractivity contribution in [3.05, 3.63) is 44.8 Å². The average Bonchev–Trinajstić information content (AvgIpc) is 3.18. The van der Waals surface area contributed by atoms with Crippen LogP contribution in [0.4, 0.5) is 8.78 Å². The normalized spacial score (nSPS) is 11.4. The molecule has 0 fully saturated rings. The van der Waals surface area contributed by atoms with Crippen LogP contribution < -0.4 is 4.74 Å². The number of unbranched alkanes of at least 4 members (excludes halogenated alkanes) is 7. The van der Waals surface area contributed by atoms with E-state index in [1.54, 1.807) is 0 Å². The second-order valence-electron chi connectivity index (χ2n) is 7.28. The van der Waals surface area contributed by atoms with E-state index in [9.17, 15) is 8.78 Å². The minimum Gasteiger partial charge on any atom is -0.488 e. The van der Waals surface area contributed by atoms with Gasteiger partial charge in [-0.05, 0) is 50.4 Å². The van der Waals surface area contributed by atoms with Gasteiger partial charge in [-0.2, -0.15) is 4.80 Å². The molecule has 8 heteroatoms. The van der Waals surface area contributed by atoms with E-state index in [0.29, 0.717) is 17.6 Å². The molecule has 3 rings (SSSR count). The summed E-state index contributed by atoms with van der Waals surface area (Å²) in [6.07, 6.45) is 9.18. The third-order valence-electron chi connectivity index (χ3n) is 4.90. The number of ether oxygens (including phenoxy) is 1. The molecular weight excluding hydrogens is 520 g/mol. The van der Waals surface area contributed by atoms with E-state index in [1.165, 1.54) is 49.0 Å². The van der Waals surface area contributed by atoms with Crippen LogP contribution in [0.2, 0.25) is 0 Å². The number of hydrogen-bond donors (Lipinski definition) is 0. The number of fused-ring (bicyclic) bond motifs is 1. The Bertz CT molecular complexity index is 932. The molecule has 0 unspecified atom stereocenters. The van der Waals surface area contributed by atoms with E-state index in [-0.39, 0.29) is 11.4 Å². The largest absolute Gasteiger partial charge is 0.488 e. The zero-order valence-corrected chi connectivity index (χ0v) is 20.1. The van der Waals surface area contributed by atoms with Crippen molar-refractivity contribution in [2.45, 2.75) is 58.3 Å². The number of hydrogen-bond acceptors (Lipinski definition) is 3. The molecule has 0 aliphatic carbocycles. The monoisotopic (exact) mass is 543 g/mol. The third kappa shape index (κ3) is 5.78. The minimum absolute atomic E-state index is 0.194. The van der Waals surface area contributed by atoms with Gasteiger partial charge < -0.3 is 4.74 Å². The Kier molecular flexibility index (Phi) is 8.62. The maximum atomic E-state index is 14.5. The highest BCUT2D eigenvalue weighted by molar-refractivity contribution is 9.11. The highest BCUT2D eigenvalue weighted by Crippen LogP contribution is 2.30. The van der Waals surface area contributed by atoms with Crippen LogP contribution >= 0.6 is 31.9 Å². The fraction of sp³-hybridized carbons (Fsp3) is 0.455. The summed E-state index contributed by atoms with van der Waals surface area (Å²) in [5.74, 6) is -1.87. The summed E-state index contributed by atoms with van der Waals surface area (Å²) >= 11 is 6.83. The fourth-order valence-electron chi connectivity index (χ4n) is 3.26. The molecule has 0 saturated heterocycles. The average molecular weight is 545 g/mol. The molecule has 0 atom stereocenters. The fourth-order valence-corrected chi connectivity index (χ4v) is 4.06. The van der Waals surface area contributed by atoms with Crippen molar-refractivity contribution in [2.24, 2.45) is 0 Å². The van der Waals surface area contributed by atoms with Gasteiger partial charge in [0, 0.05) is 21.1 Å². The lowest BCUT2D eigenvalue weighted by molar-refractivity contribution is 0.275. The summed E-state index contributed by atoms with van der Waals surface area (Å²) in [5.41, 5.74) is 1.39. The maximum absolute atomic E-state index is 14.5. The molecule has 1 aromatic heterocycles. The molecule has 0 amide bonds. The molecule has 0 aliphatic heterocycles. The van der Waals surface area contributed by atoms with E-state index >= 15 is 0 Å². The summed E-state index contributed by atoms with van der Waals surface area (Å²) in [5, 5.41) is 8.66. The van der Waals surface area contributed by atoms with Crippen molar-refractivity contribution in [1.29, 1.82) is 0 Å². The van der Waals surface area contributed by atoms with Gasteiger partial charge in [0.2, 0.25) is 0 Å². The van der Waals surface area contributed by atoms with Gasteiger partial charge in [0.1, 0.15) is 11.0 Å². The van der Waals surface area contributed by atoms with Crippen molar-refractivity contribution in [1.82, 2.24) is 15.0 Å². The predicted molar refractivity (Wildman–Crippen MR) is 122 cm³/mol. The molecular formula is C22H25Br2F2N3O. The first-order valence-corrected chi connectivity index (χ1v) is 11.9. The van der Waals surface area contributed by atoms with Gasteiger partial charge in [-0.25, -0.2) is 8.78 Å². The first-order valence-electron chi connectivity index (χ1n) is 10.3. The van der Waals surface area contributed by atoms with E-state index < -0.39 is 11.6 Å². The standard InChI is InChI=1S/C22H25Br2F2N3O/c1-2-3-4-5-6-7-8-9-12-30-22-18(25)13-15(14-19(22)26)29-27-20-16(23)10-11-17(24)21(20)28-29/h10-11,13-14H,2-9,12H2,1H3. The van der Waals surface area contributed by atoms with Crippen molar-refractivity contribution in [2.75, 3.05) is 6.61 Å². The number of rotatable bonds is 11. The molecule has 4 nitrogen and oxygen atoms in total. The molecule has 162 valence electrons. The molecule has 0 aliphatic rings. The van der Waals surface area contributed by atoms with Gasteiger partial charge in [0.15, 0.2) is 17.4 Å². The lowest BCUT2D eigenvalue weighted by atomic mass is 10.1. The predicted octanol–water partition coefficient (Wildman–Crippen LogP) is 7.74. The molecule has 0 spiro atoms. The molecule has 2 aromatic carbocycles. The van der Waals surface area contributed by atoms with Crippen LogP contribution in [0.5, 0.6) is 5.75 Å². The Labute approximate surface area is 192 Å². The van der Waals surface area contributed by atoms with Gasteiger partial charge in [0.05, 0.1) is 12.3 Å². The number of benzene rings is 2. The summed E-state index contributed by atoms with van der Waals surface area (Å²) in [6.45, 7) is 2.50. The number of halogens is 4. The van der Waals surface area contributed by atoms with Crippen molar-refractivity contribution in [3.63, 3.8) is 0 Å². The van der Waals surface area contributed by atoms with Crippen LogP contribution in [0, 0.1) is 11.6 Å². The zero-order chi connectivity index (χ0) is 21.5. The molecule has 0 radical (unpaired) electrons. The summed E-state index contributed by atoms with van der Waals surface area (Å²) < 4.78 is 35.9. The Morgan fingerprint density at radius 2 is 1.33 bits per heavy atom. The molecule has 1 heterocycles. The lowest BCUT2D eigenvalue weighted by Crippen LogP contribution is -2.05. The first-order chi connectivity index (χ1) is 14.5. The number of nitrogens with zero attached hydrogens (tertiary/aromatic N) is 3. The van der Waals surface area contributed by atoms with Crippen LogP contribution in [-0.2, 0) is 0 Å². The summed E-state index contributed by atoms with van der Waals surface area (Å²) in [4.78, 5) is 1.22. The SMILES string of the molecule is CCCCCCCCCCOc1c(F)cc(-n2nc3c(Br)ccc(Br)c3n2)cc1F. The van der Waals surface area contributed by atoms with E-state index in [4.69, 9.17) is 4.74 Å². The van der Waals surface area contributed by atoms with Crippen molar-refractivity contribution in [3.8, 4) is 11.4 Å². The van der Waals surface area contributed by atoms with Crippen LogP contribution in [0.25, 0.3) is 16.7 Å². The van der Waals surface area contributed by atoms with E-state index in [0.717, 1.165) is 28.2 Å². The second-order valence-corrected chi connectivity index (χ2v) is 8.99. The topological polar surface area (TPSA) is 39.9 Å². The Morgan fingerprint density at radius 1 is 0.833 bits per heavy atom. The zero-order valence-electron chi connectivity index (χ0n) is 16.9. The van der Waals surface area contributed by atoms with Crippen LogP contribution in [0.1, 0.15) is 58.3 Å². The van der Waals surface area contributed by atoms with Crippen molar-refractivity contribution >= 4 is 42.9 Å². The van der Waals surface area contributed by atoms with Crippen molar-refractivity contribution < 1.29 is 13.5 Å². The Balaban J connectivity index is 1.59. The maximum Gasteiger partial charge on any atom is 0.190 e. The number of aromatic nitrogens is 3. The minimum atomic E-state index is -0.760. The van der Waals surface area contributed by atoms with E-state index in [1.807, 2.05) is 12.1 Å². The van der Waals surface area contributed by atoms with Gasteiger partial charge in [-0.3, -0.25) is 0 Å². The highest BCUT2D eigenvalue weighted by Gasteiger charge is 2.17. The molecule has 0 N–H and O–H groups in total. The first kappa shape index (κ1) is 23.1. The lowest BCUT2D eigenvalue weighted by Gasteiger charge is -2.10. The molecule has 30 heavy (non-hydrogen) atoms. The van der Waals surface area contributed by atoms with E-state index in [2.05, 4.69) is 49.0 Å². The quantitative estimate of drug-likeness (QED) is 0.232. The molecule has 0 bridgehead atoms. The summed E-state index contributed by atoms with van der Waals surface area (Å²) in [7, 11) is 0.